The molecule has 0 radical (unpaired) electrons. The van der Waals surface area contributed by atoms with Gasteiger partial charge in [0.2, 0.25) is 22.3 Å². The minimum absolute atomic E-state index is 0.922. The lowest BCUT2D eigenvalue weighted by atomic mass is 10.4. The van der Waals surface area contributed by atoms with Gasteiger partial charge in [-0.25, -0.2) is 0 Å². The molecule has 0 fully saturated rings. The van der Waals surface area contributed by atoms with Crippen LogP contribution in [0.5, 0.6) is 0 Å². The molecule has 2 aromatic carbocycles. The third kappa shape index (κ3) is 2.18. The van der Waals surface area contributed by atoms with Crippen LogP contribution in [-0.2, 0) is 0 Å². The number of hydrogen-bond acceptors (Lipinski definition) is 7. The number of rotatable bonds is 8. The monoisotopic (exact) mass is 390 g/mol. The highest BCUT2D eigenvalue weighted by Crippen LogP contribution is 2.58. The molecule has 0 saturated heterocycles. The summed E-state index contributed by atoms with van der Waals surface area (Å²) in [4.78, 5) is 4.76. The maximum atomic E-state index is 5.73. The molecule has 0 saturated carbocycles. The van der Waals surface area contributed by atoms with Crippen LogP contribution in [0.3, 0.4) is 0 Å². The summed E-state index contributed by atoms with van der Waals surface area (Å²) >= 11 is 5.45. The summed E-state index contributed by atoms with van der Waals surface area (Å²) in [6.45, 7) is 4.39. The lowest BCUT2D eigenvalue weighted by Gasteiger charge is -2.06. The van der Waals surface area contributed by atoms with Gasteiger partial charge in [0.1, 0.15) is 0 Å². The van der Waals surface area contributed by atoms with Crippen molar-refractivity contribution >= 4 is 79.9 Å². The molecule has 0 aliphatic carbocycles. The molecule has 0 bridgehead atoms. The van der Waals surface area contributed by atoms with Crippen LogP contribution in [0.25, 0.3) is 44.7 Å². The number of thioether (sulfide) groups is 2. The van der Waals surface area contributed by atoms with Gasteiger partial charge >= 0.3 is 0 Å². The van der Waals surface area contributed by atoms with Gasteiger partial charge in [0.05, 0.1) is 19.6 Å². The van der Waals surface area contributed by atoms with Crippen molar-refractivity contribution in [3.63, 3.8) is 0 Å². The molecule has 0 aliphatic heterocycles. The first-order valence-corrected chi connectivity index (χ1v) is 11.2. The van der Waals surface area contributed by atoms with Crippen molar-refractivity contribution in [1.29, 1.82) is 0 Å². The highest BCUT2D eigenvalue weighted by molar-refractivity contribution is 8.04. The van der Waals surface area contributed by atoms with Gasteiger partial charge in [0.25, 0.3) is 0 Å². The van der Waals surface area contributed by atoms with E-state index in [0.717, 1.165) is 69.0 Å². The lowest BCUT2D eigenvalue weighted by Crippen LogP contribution is -1.82. The van der Waals surface area contributed by atoms with Crippen LogP contribution in [0, 0.1) is 0 Å². The zero-order valence-corrected chi connectivity index (χ0v) is 16.1. The molecule has 7 heteroatoms. The standard InChI is InChI=1S/C18H14O4S3/c1-3-5-23-15-11-7(19-11)9-13(21-9)17(15)25-18-14-10(22-14)8-12(20-8)16(18)24-6-4-2/h3-6H2,1-2H3. The average molecular weight is 391 g/mol. The highest BCUT2D eigenvalue weighted by Gasteiger charge is 2.36. The van der Waals surface area contributed by atoms with Crippen molar-refractivity contribution in [3.8, 4) is 0 Å². The molecule has 0 spiro atoms. The predicted molar refractivity (Wildman–Crippen MR) is 103 cm³/mol. The number of fused-ring (bicyclic) bond motifs is 6. The summed E-state index contributed by atoms with van der Waals surface area (Å²) in [5.41, 5.74) is 7.69. The molecular weight excluding hydrogens is 376 g/mol. The molecule has 25 heavy (non-hydrogen) atoms. The van der Waals surface area contributed by atoms with Crippen LogP contribution in [0.15, 0.2) is 37.3 Å². The third-order valence-corrected chi connectivity index (χ3v) is 8.26. The summed E-state index contributed by atoms with van der Waals surface area (Å²) < 4.78 is 22.8. The second-order valence-electron chi connectivity index (χ2n) is 6.16. The van der Waals surface area contributed by atoms with Gasteiger partial charge in [-0.05, 0) is 24.3 Å². The van der Waals surface area contributed by atoms with Crippen LogP contribution in [-0.4, -0.2) is 11.5 Å². The summed E-state index contributed by atoms with van der Waals surface area (Å²) in [7, 11) is 0. The Hall–Kier alpha value is -1.31. The maximum Gasteiger partial charge on any atom is 0.217 e. The molecule has 0 aliphatic rings. The maximum absolute atomic E-state index is 5.73. The minimum Gasteiger partial charge on any atom is -0.444 e. The fourth-order valence-corrected chi connectivity index (χ4v) is 6.30. The number of hydrogen-bond donors (Lipinski definition) is 0. The van der Waals surface area contributed by atoms with Crippen LogP contribution in [0.2, 0.25) is 0 Å². The highest BCUT2D eigenvalue weighted by atomic mass is 32.2. The molecule has 4 nitrogen and oxygen atoms in total. The van der Waals surface area contributed by atoms with E-state index in [1.54, 1.807) is 11.8 Å². The quantitative estimate of drug-likeness (QED) is 0.248. The summed E-state index contributed by atoms with van der Waals surface area (Å²) in [5.74, 6) is 2.14. The summed E-state index contributed by atoms with van der Waals surface area (Å²) in [6, 6.07) is 0. The SMILES string of the molecule is CCCSc1c(Sc2c(SCCC)c3oc3c3oc23)c2oc2c2oc12. The fraction of sp³-hybridized carbons (Fsp3) is 0.333. The molecule has 0 unspecified atom stereocenters. The summed E-state index contributed by atoms with van der Waals surface area (Å²) in [6.07, 6.45) is 2.26. The Morgan fingerprint density at radius 2 is 0.880 bits per heavy atom. The van der Waals surface area contributed by atoms with Gasteiger partial charge < -0.3 is 17.7 Å². The van der Waals surface area contributed by atoms with Gasteiger partial charge in [0.15, 0.2) is 22.3 Å². The molecule has 6 aromatic rings. The zero-order valence-electron chi connectivity index (χ0n) is 13.7. The van der Waals surface area contributed by atoms with Crippen molar-refractivity contribution in [2.24, 2.45) is 0 Å². The molecule has 4 heterocycles. The molecular formula is C18H14O4S3. The third-order valence-electron chi connectivity index (χ3n) is 4.23. The van der Waals surface area contributed by atoms with E-state index >= 15 is 0 Å². The van der Waals surface area contributed by atoms with E-state index in [9.17, 15) is 0 Å². The van der Waals surface area contributed by atoms with Gasteiger partial charge in [0, 0.05) is 0 Å². The molecule has 4 aromatic heterocycles. The Kier molecular flexibility index (Phi) is 3.03. The Labute approximate surface area is 155 Å². The van der Waals surface area contributed by atoms with Gasteiger partial charge in [-0.15, -0.1) is 23.5 Å². The Bertz CT molecular complexity index is 1150. The van der Waals surface area contributed by atoms with Crippen LogP contribution in [0.1, 0.15) is 26.7 Å². The molecule has 0 atom stereocenters. The first-order chi connectivity index (χ1) is 12.3. The number of benzene rings is 2. The van der Waals surface area contributed by atoms with E-state index in [-0.39, 0.29) is 0 Å². The second-order valence-corrected chi connectivity index (χ2v) is 9.39. The van der Waals surface area contributed by atoms with Crippen LogP contribution < -0.4 is 0 Å². The first-order valence-electron chi connectivity index (χ1n) is 8.44. The van der Waals surface area contributed by atoms with Crippen molar-refractivity contribution in [2.75, 3.05) is 11.5 Å². The fourth-order valence-electron chi connectivity index (χ4n) is 2.87. The minimum atomic E-state index is 0.922. The normalized spacial score (nSPS) is 13.5. The Balaban J connectivity index is 1.45. The van der Waals surface area contributed by atoms with Gasteiger partial charge in [-0.3, -0.25) is 0 Å². The largest absolute Gasteiger partial charge is 0.444 e. The average Bonchev–Trinajstić information content (AvgIpc) is 3.38. The van der Waals surface area contributed by atoms with E-state index in [4.69, 9.17) is 17.7 Å². The smallest absolute Gasteiger partial charge is 0.217 e. The summed E-state index contributed by atoms with van der Waals surface area (Å²) in [5, 5.41) is 0. The van der Waals surface area contributed by atoms with Crippen LogP contribution >= 0.6 is 35.3 Å². The van der Waals surface area contributed by atoms with E-state index in [0.29, 0.717) is 0 Å². The Morgan fingerprint density at radius 1 is 0.520 bits per heavy atom. The van der Waals surface area contributed by atoms with E-state index in [1.807, 2.05) is 23.5 Å². The lowest BCUT2D eigenvalue weighted by molar-refractivity contribution is 0.717. The van der Waals surface area contributed by atoms with Crippen LogP contribution in [0.4, 0.5) is 0 Å². The Morgan fingerprint density at radius 3 is 1.24 bits per heavy atom. The predicted octanol–water partition coefficient (Wildman–Crippen LogP) is 7.58. The first kappa shape index (κ1) is 14.8. The molecule has 128 valence electrons. The van der Waals surface area contributed by atoms with Crippen molar-refractivity contribution in [1.82, 2.24) is 0 Å². The second kappa shape index (κ2) is 5.11. The van der Waals surface area contributed by atoms with Crippen molar-refractivity contribution in [3.05, 3.63) is 0 Å². The zero-order chi connectivity index (χ0) is 16.7. The van der Waals surface area contributed by atoms with Crippen molar-refractivity contribution < 1.29 is 17.7 Å². The van der Waals surface area contributed by atoms with Gasteiger partial charge in [-0.2, -0.15) is 0 Å². The molecule has 0 N–H and O–H groups in total. The topological polar surface area (TPSA) is 52.6 Å². The van der Waals surface area contributed by atoms with E-state index in [2.05, 4.69) is 13.8 Å². The molecule has 0 amide bonds. The van der Waals surface area contributed by atoms with E-state index in [1.165, 1.54) is 19.6 Å². The van der Waals surface area contributed by atoms with Gasteiger partial charge in [-0.1, -0.05) is 25.6 Å². The molecule has 6 rings (SSSR count). The van der Waals surface area contributed by atoms with E-state index < -0.39 is 0 Å². The van der Waals surface area contributed by atoms with Crippen molar-refractivity contribution in [2.45, 2.75) is 46.3 Å².